The van der Waals surface area contributed by atoms with Crippen LogP contribution in [0.4, 0.5) is 0 Å². The van der Waals surface area contributed by atoms with Gasteiger partial charge in [-0.3, -0.25) is 19.3 Å². The maximum absolute atomic E-state index is 13.0. The third-order valence-corrected chi connectivity index (χ3v) is 7.79. The largest absolute Gasteiger partial charge is 0.328 e. The summed E-state index contributed by atoms with van der Waals surface area (Å²) in [6.07, 6.45) is 7.14. The normalized spacial score (nSPS) is 13.8. The average molecular weight is 455 g/mol. The molecular formula is C23H26N4O4S. The number of nitrogens with one attached hydrogen (secondary N) is 1. The molecule has 0 saturated carbocycles. The molecule has 0 bridgehead atoms. The Morgan fingerprint density at radius 2 is 1.81 bits per heavy atom. The first-order valence-corrected chi connectivity index (χ1v) is 12.1. The van der Waals surface area contributed by atoms with Gasteiger partial charge in [-0.15, -0.1) is 0 Å². The van der Waals surface area contributed by atoms with Crippen LogP contribution in [0, 0.1) is 0 Å². The predicted molar refractivity (Wildman–Crippen MR) is 122 cm³/mol. The summed E-state index contributed by atoms with van der Waals surface area (Å²) in [6, 6.07) is 10.5. The highest BCUT2D eigenvalue weighted by molar-refractivity contribution is 7.89. The van der Waals surface area contributed by atoms with Gasteiger partial charge in [0.2, 0.25) is 10.0 Å². The summed E-state index contributed by atoms with van der Waals surface area (Å²) in [6.45, 7) is 0.616. The van der Waals surface area contributed by atoms with Gasteiger partial charge in [0.1, 0.15) is 0 Å². The number of pyridine rings is 1. The second-order valence-electron chi connectivity index (χ2n) is 7.99. The van der Waals surface area contributed by atoms with Gasteiger partial charge >= 0.3 is 5.69 Å². The van der Waals surface area contributed by atoms with Crippen LogP contribution in [0.3, 0.4) is 0 Å². The average Bonchev–Trinajstić information content (AvgIpc) is 2.81. The lowest BCUT2D eigenvalue weighted by Crippen LogP contribution is -2.37. The lowest BCUT2D eigenvalue weighted by molar-refractivity contribution is 0.435. The van der Waals surface area contributed by atoms with E-state index in [1.54, 1.807) is 41.2 Å². The molecule has 0 radical (unpaired) electrons. The van der Waals surface area contributed by atoms with Gasteiger partial charge in [-0.1, -0.05) is 18.2 Å². The number of aromatic amines is 1. The Morgan fingerprint density at radius 3 is 2.53 bits per heavy atom. The van der Waals surface area contributed by atoms with Crippen LogP contribution >= 0.6 is 0 Å². The maximum Gasteiger partial charge on any atom is 0.328 e. The fourth-order valence-corrected chi connectivity index (χ4v) is 5.34. The third-order valence-electron chi connectivity index (χ3n) is 5.92. The molecule has 2 aromatic heterocycles. The highest BCUT2D eigenvalue weighted by Crippen LogP contribution is 2.22. The van der Waals surface area contributed by atoms with E-state index in [1.807, 2.05) is 12.1 Å². The van der Waals surface area contributed by atoms with Gasteiger partial charge in [-0.25, -0.2) is 17.5 Å². The maximum atomic E-state index is 13.0. The molecule has 3 aromatic rings. The van der Waals surface area contributed by atoms with Crippen LogP contribution in [-0.4, -0.2) is 40.9 Å². The van der Waals surface area contributed by atoms with Gasteiger partial charge in [-0.2, -0.15) is 0 Å². The molecule has 2 heterocycles. The molecule has 1 aliphatic carbocycles. The number of hydrogen-bond acceptors (Lipinski definition) is 5. The fourth-order valence-electron chi connectivity index (χ4n) is 4.14. The zero-order valence-electron chi connectivity index (χ0n) is 18.0. The topological polar surface area (TPSA) is 105 Å². The molecule has 0 amide bonds. The van der Waals surface area contributed by atoms with Crippen molar-refractivity contribution in [2.45, 2.75) is 43.5 Å². The molecule has 1 N–H and O–H groups in total. The van der Waals surface area contributed by atoms with Gasteiger partial charge in [-0.05, 0) is 61.4 Å². The number of H-pyrrole nitrogens is 1. The minimum atomic E-state index is -3.65. The summed E-state index contributed by atoms with van der Waals surface area (Å²) in [7, 11) is -2.12. The van der Waals surface area contributed by atoms with Crippen molar-refractivity contribution in [2.75, 3.05) is 13.6 Å². The second-order valence-corrected chi connectivity index (χ2v) is 10.0. The Balaban J connectivity index is 1.45. The lowest BCUT2D eigenvalue weighted by Gasteiger charge is -2.21. The molecular weight excluding hydrogens is 428 g/mol. The zero-order chi connectivity index (χ0) is 22.7. The number of benzene rings is 1. The summed E-state index contributed by atoms with van der Waals surface area (Å²) < 4.78 is 28.8. The van der Waals surface area contributed by atoms with E-state index in [0.29, 0.717) is 31.4 Å². The third kappa shape index (κ3) is 4.44. The van der Waals surface area contributed by atoms with E-state index in [2.05, 4.69) is 9.97 Å². The minimum absolute atomic E-state index is 0.214. The minimum Gasteiger partial charge on any atom is -0.297 e. The molecule has 0 atom stereocenters. The van der Waals surface area contributed by atoms with Crippen molar-refractivity contribution < 1.29 is 8.42 Å². The van der Waals surface area contributed by atoms with E-state index in [-0.39, 0.29) is 17.0 Å². The molecule has 1 aromatic carbocycles. The van der Waals surface area contributed by atoms with Crippen molar-refractivity contribution in [3.63, 3.8) is 0 Å². The Morgan fingerprint density at radius 1 is 1.06 bits per heavy atom. The van der Waals surface area contributed by atoms with Crippen LogP contribution in [-0.2, 0) is 29.4 Å². The molecule has 9 heteroatoms. The van der Waals surface area contributed by atoms with E-state index in [4.69, 9.17) is 0 Å². The molecule has 8 nitrogen and oxygen atoms in total. The SMILES string of the molecule is CN(CCCn1c2c(c(=O)[nH]c1=O)CCCC2)S(=O)(=O)c1ccc(-c2cccnc2)cc1. The standard InChI is InChI=1S/C23H26N4O4S/c1-26(14-5-15-27-21-8-3-2-7-20(21)22(28)25-23(27)29)32(30,31)19-11-9-17(10-12-19)18-6-4-13-24-16-18/h4,6,9-13,16H,2-3,5,7-8,14-15H2,1H3,(H,25,28,29). The van der Waals surface area contributed by atoms with Crippen LogP contribution in [0.1, 0.15) is 30.5 Å². The number of nitrogens with zero attached hydrogens (tertiary/aromatic N) is 3. The van der Waals surface area contributed by atoms with Crippen LogP contribution in [0.2, 0.25) is 0 Å². The first kappa shape index (κ1) is 22.2. The van der Waals surface area contributed by atoms with Crippen molar-refractivity contribution in [1.82, 2.24) is 18.8 Å². The molecule has 32 heavy (non-hydrogen) atoms. The lowest BCUT2D eigenvalue weighted by atomic mass is 9.97. The quantitative estimate of drug-likeness (QED) is 0.589. The molecule has 4 rings (SSSR count). The Hall–Kier alpha value is -3.04. The first-order valence-electron chi connectivity index (χ1n) is 10.7. The van der Waals surface area contributed by atoms with Crippen molar-refractivity contribution >= 4 is 10.0 Å². The van der Waals surface area contributed by atoms with Gasteiger partial charge in [0, 0.05) is 43.8 Å². The summed E-state index contributed by atoms with van der Waals surface area (Å²) >= 11 is 0. The first-order chi connectivity index (χ1) is 15.4. The number of rotatable bonds is 7. The molecule has 168 valence electrons. The van der Waals surface area contributed by atoms with E-state index in [1.165, 1.54) is 11.4 Å². The van der Waals surface area contributed by atoms with E-state index >= 15 is 0 Å². The Bertz CT molecular complexity index is 1310. The fraction of sp³-hybridized carbons (Fsp3) is 0.348. The predicted octanol–water partition coefficient (Wildman–Crippen LogP) is 2.19. The number of aromatic nitrogens is 3. The Labute approximate surface area is 186 Å². The van der Waals surface area contributed by atoms with Crippen molar-refractivity contribution in [3.05, 3.63) is 80.9 Å². The molecule has 1 aliphatic rings. The molecule has 0 fully saturated rings. The van der Waals surface area contributed by atoms with Gasteiger partial charge in [0.25, 0.3) is 5.56 Å². The van der Waals surface area contributed by atoms with Crippen LogP contribution < -0.4 is 11.2 Å². The second kappa shape index (κ2) is 9.22. The molecule has 0 unspecified atom stereocenters. The number of sulfonamides is 1. The highest BCUT2D eigenvalue weighted by atomic mass is 32.2. The molecule has 0 spiro atoms. The summed E-state index contributed by atoms with van der Waals surface area (Å²) in [5.41, 5.74) is 2.57. The summed E-state index contributed by atoms with van der Waals surface area (Å²) in [4.78, 5) is 31.1. The zero-order valence-corrected chi connectivity index (χ0v) is 18.8. The van der Waals surface area contributed by atoms with Crippen molar-refractivity contribution in [3.8, 4) is 11.1 Å². The van der Waals surface area contributed by atoms with Crippen molar-refractivity contribution in [2.24, 2.45) is 0 Å². The van der Waals surface area contributed by atoms with Gasteiger partial charge in [0.15, 0.2) is 0 Å². The summed E-state index contributed by atoms with van der Waals surface area (Å²) in [5.74, 6) is 0. The van der Waals surface area contributed by atoms with Gasteiger partial charge in [0.05, 0.1) is 4.90 Å². The highest BCUT2D eigenvalue weighted by Gasteiger charge is 2.22. The smallest absolute Gasteiger partial charge is 0.297 e. The van der Waals surface area contributed by atoms with Crippen LogP contribution in [0.5, 0.6) is 0 Å². The Kier molecular flexibility index (Phi) is 6.38. The molecule has 0 saturated heterocycles. The van der Waals surface area contributed by atoms with Gasteiger partial charge < -0.3 is 0 Å². The molecule has 0 aliphatic heterocycles. The van der Waals surface area contributed by atoms with Crippen molar-refractivity contribution in [1.29, 1.82) is 0 Å². The van der Waals surface area contributed by atoms with Crippen LogP contribution in [0.25, 0.3) is 11.1 Å². The summed E-state index contributed by atoms with van der Waals surface area (Å²) in [5, 5.41) is 0. The number of hydrogen-bond donors (Lipinski definition) is 1. The monoisotopic (exact) mass is 454 g/mol. The van der Waals surface area contributed by atoms with E-state index in [0.717, 1.165) is 29.7 Å². The number of fused-ring (bicyclic) bond motifs is 1. The van der Waals surface area contributed by atoms with E-state index < -0.39 is 15.7 Å². The van der Waals surface area contributed by atoms with E-state index in [9.17, 15) is 18.0 Å². The van der Waals surface area contributed by atoms with Crippen LogP contribution in [0.15, 0.2) is 63.3 Å².